The zero-order chi connectivity index (χ0) is 11.6. The maximum absolute atomic E-state index is 10.5. The Labute approximate surface area is 96.9 Å². The average Bonchev–Trinajstić information content (AvgIpc) is 2.27. The van der Waals surface area contributed by atoms with Gasteiger partial charge in [-0.05, 0) is 31.5 Å². The first kappa shape index (κ1) is 11.4. The smallest absolute Gasteiger partial charge is 0.0713 e. The lowest BCUT2D eigenvalue weighted by Gasteiger charge is -2.36. The van der Waals surface area contributed by atoms with Gasteiger partial charge in [-0.15, -0.1) is 0 Å². The second-order valence-corrected chi connectivity index (χ2v) is 4.90. The number of aliphatic hydroxyl groups is 1. The van der Waals surface area contributed by atoms with E-state index in [4.69, 9.17) is 5.73 Å². The van der Waals surface area contributed by atoms with Crippen LogP contribution < -0.4 is 5.73 Å². The van der Waals surface area contributed by atoms with Gasteiger partial charge < -0.3 is 15.7 Å². The lowest BCUT2D eigenvalue weighted by atomic mass is 9.85. The zero-order valence-electron chi connectivity index (χ0n) is 9.82. The van der Waals surface area contributed by atoms with Crippen molar-refractivity contribution >= 4 is 5.69 Å². The van der Waals surface area contributed by atoms with E-state index in [1.54, 1.807) is 0 Å². The molecule has 1 aliphatic heterocycles. The van der Waals surface area contributed by atoms with Crippen molar-refractivity contribution in [2.24, 2.45) is 0 Å². The van der Waals surface area contributed by atoms with Crippen LogP contribution in [-0.4, -0.2) is 35.7 Å². The number of nitrogens with two attached hydrogens (primary N) is 1. The number of nitrogens with zero attached hydrogens (tertiary/aromatic N) is 1. The highest BCUT2D eigenvalue weighted by molar-refractivity contribution is 5.47. The summed E-state index contributed by atoms with van der Waals surface area (Å²) in [6, 6.07) is 7.81. The zero-order valence-corrected chi connectivity index (χ0v) is 9.82. The predicted octanol–water partition coefficient (Wildman–Crippen LogP) is 1.27. The minimum Gasteiger partial charge on any atom is -0.399 e. The van der Waals surface area contributed by atoms with Gasteiger partial charge in [0.2, 0.25) is 0 Å². The molecule has 0 aliphatic carbocycles. The van der Waals surface area contributed by atoms with Gasteiger partial charge in [0.25, 0.3) is 0 Å². The van der Waals surface area contributed by atoms with Crippen LogP contribution in [-0.2, 0) is 6.42 Å². The number of para-hydroxylation sites is 1. The van der Waals surface area contributed by atoms with E-state index < -0.39 is 5.60 Å². The Morgan fingerprint density at radius 2 is 1.94 bits per heavy atom. The van der Waals surface area contributed by atoms with Crippen molar-refractivity contribution in [3.63, 3.8) is 0 Å². The van der Waals surface area contributed by atoms with Gasteiger partial charge in [-0.3, -0.25) is 0 Å². The van der Waals surface area contributed by atoms with E-state index in [2.05, 4.69) is 11.9 Å². The van der Waals surface area contributed by atoms with Gasteiger partial charge in [0.1, 0.15) is 0 Å². The summed E-state index contributed by atoms with van der Waals surface area (Å²) >= 11 is 0. The molecule has 0 spiro atoms. The molecular formula is C13H20N2O. The first-order valence-corrected chi connectivity index (χ1v) is 5.83. The second kappa shape index (κ2) is 4.44. The summed E-state index contributed by atoms with van der Waals surface area (Å²) in [5.41, 5.74) is 7.19. The second-order valence-electron chi connectivity index (χ2n) is 4.90. The molecule has 1 heterocycles. The van der Waals surface area contributed by atoms with E-state index in [9.17, 15) is 5.11 Å². The van der Waals surface area contributed by atoms with Gasteiger partial charge in [-0.25, -0.2) is 0 Å². The lowest BCUT2D eigenvalue weighted by Crippen LogP contribution is -2.44. The molecule has 0 bridgehead atoms. The minimum atomic E-state index is -0.567. The molecule has 16 heavy (non-hydrogen) atoms. The Morgan fingerprint density at radius 1 is 1.31 bits per heavy atom. The molecule has 3 heteroatoms. The predicted molar refractivity (Wildman–Crippen MR) is 66.2 cm³/mol. The summed E-state index contributed by atoms with van der Waals surface area (Å²) in [5, 5.41) is 10.5. The molecule has 88 valence electrons. The Morgan fingerprint density at radius 3 is 2.56 bits per heavy atom. The fourth-order valence-corrected chi connectivity index (χ4v) is 2.26. The number of benzene rings is 1. The van der Waals surface area contributed by atoms with Crippen LogP contribution in [0.3, 0.4) is 0 Å². The lowest BCUT2D eigenvalue weighted by molar-refractivity contribution is -0.0149. The quantitative estimate of drug-likeness (QED) is 0.738. The molecule has 1 saturated heterocycles. The van der Waals surface area contributed by atoms with Crippen LogP contribution in [0.5, 0.6) is 0 Å². The van der Waals surface area contributed by atoms with Crippen LogP contribution in [0.2, 0.25) is 0 Å². The van der Waals surface area contributed by atoms with Crippen molar-refractivity contribution in [2.75, 3.05) is 25.9 Å². The maximum Gasteiger partial charge on any atom is 0.0713 e. The van der Waals surface area contributed by atoms with Crippen LogP contribution in [0, 0.1) is 0 Å². The molecule has 3 nitrogen and oxygen atoms in total. The third-order valence-corrected chi connectivity index (χ3v) is 3.49. The van der Waals surface area contributed by atoms with E-state index in [0.29, 0.717) is 6.42 Å². The number of hydrogen-bond donors (Lipinski definition) is 2. The van der Waals surface area contributed by atoms with Crippen LogP contribution >= 0.6 is 0 Å². The van der Waals surface area contributed by atoms with Crippen LogP contribution in [0.25, 0.3) is 0 Å². The molecule has 1 aromatic rings. The summed E-state index contributed by atoms with van der Waals surface area (Å²) in [5.74, 6) is 0. The summed E-state index contributed by atoms with van der Waals surface area (Å²) < 4.78 is 0. The largest absolute Gasteiger partial charge is 0.399 e. The van der Waals surface area contributed by atoms with E-state index in [0.717, 1.165) is 37.2 Å². The summed E-state index contributed by atoms with van der Waals surface area (Å²) in [7, 11) is 2.09. The van der Waals surface area contributed by atoms with Gasteiger partial charge in [-0.1, -0.05) is 18.2 Å². The maximum atomic E-state index is 10.5. The van der Waals surface area contributed by atoms with Gasteiger partial charge in [-0.2, -0.15) is 0 Å². The monoisotopic (exact) mass is 220 g/mol. The summed E-state index contributed by atoms with van der Waals surface area (Å²) in [6.07, 6.45) is 2.34. The number of rotatable bonds is 2. The third-order valence-electron chi connectivity index (χ3n) is 3.49. The first-order valence-electron chi connectivity index (χ1n) is 5.83. The van der Waals surface area contributed by atoms with E-state index >= 15 is 0 Å². The Bertz CT molecular complexity index is 357. The highest BCUT2D eigenvalue weighted by Gasteiger charge is 2.31. The Kier molecular flexibility index (Phi) is 3.17. The molecule has 3 N–H and O–H groups in total. The molecule has 1 aromatic carbocycles. The van der Waals surface area contributed by atoms with Gasteiger partial charge in [0.05, 0.1) is 5.60 Å². The Hall–Kier alpha value is -1.06. The number of hydrogen-bond acceptors (Lipinski definition) is 3. The van der Waals surface area contributed by atoms with Crippen molar-refractivity contribution in [1.82, 2.24) is 4.90 Å². The topological polar surface area (TPSA) is 49.5 Å². The molecule has 1 fully saturated rings. The van der Waals surface area contributed by atoms with E-state index in [1.807, 2.05) is 24.3 Å². The van der Waals surface area contributed by atoms with Crippen LogP contribution in [0.15, 0.2) is 24.3 Å². The molecule has 1 aliphatic rings. The SMILES string of the molecule is CN1CCC(O)(Cc2ccccc2N)CC1. The third kappa shape index (κ3) is 2.54. The Balaban J connectivity index is 2.07. The highest BCUT2D eigenvalue weighted by atomic mass is 16.3. The molecule has 0 atom stereocenters. The molecule has 0 radical (unpaired) electrons. The molecule has 0 saturated carbocycles. The minimum absolute atomic E-state index is 0.567. The standard InChI is InChI=1S/C13H20N2O/c1-15-8-6-13(16,7-9-15)10-11-4-2-3-5-12(11)14/h2-5,16H,6-10,14H2,1H3. The molecule has 0 unspecified atom stereocenters. The molecule has 0 amide bonds. The number of likely N-dealkylation sites (tertiary alicyclic amines) is 1. The number of piperidine rings is 1. The number of anilines is 1. The van der Waals surface area contributed by atoms with Crippen molar-refractivity contribution in [3.05, 3.63) is 29.8 Å². The van der Waals surface area contributed by atoms with Crippen molar-refractivity contribution in [3.8, 4) is 0 Å². The fourth-order valence-electron chi connectivity index (χ4n) is 2.26. The van der Waals surface area contributed by atoms with Crippen LogP contribution in [0.4, 0.5) is 5.69 Å². The van der Waals surface area contributed by atoms with Crippen molar-refractivity contribution in [2.45, 2.75) is 24.9 Å². The van der Waals surface area contributed by atoms with Crippen molar-refractivity contribution in [1.29, 1.82) is 0 Å². The first-order chi connectivity index (χ1) is 7.59. The molecule has 0 aromatic heterocycles. The normalized spacial score (nSPS) is 20.9. The van der Waals surface area contributed by atoms with Gasteiger partial charge in [0, 0.05) is 25.2 Å². The van der Waals surface area contributed by atoms with E-state index in [-0.39, 0.29) is 0 Å². The number of nitrogen functional groups attached to an aromatic ring is 1. The average molecular weight is 220 g/mol. The van der Waals surface area contributed by atoms with Crippen LogP contribution in [0.1, 0.15) is 18.4 Å². The highest BCUT2D eigenvalue weighted by Crippen LogP contribution is 2.27. The van der Waals surface area contributed by atoms with Crippen molar-refractivity contribution < 1.29 is 5.11 Å². The molecular weight excluding hydrogens is 200 g/mol. The molecule has 2 rings (SSSR count). The fraction of sp³-hybridized carbons (Fsp3) is 0.538. The summed E-state index contributed by atoms with van der Waals surface area (Å²) in [4.78, 5) is 2.25. The summed E-state index contributed by atoms with van der Waals surface area (Å²) in [6.45, 7) is 1.92. The van der Waals surface area contributed by atoms with E-state index in [1.165, 1.54) is 0 Å². The van der Waals surface area contributed by atoms with Gasteiger partial charge >= 0.3 is 0 Å². The van der Waals surface area contributed by atoms with Gasteiger partial charge in [0.15, 0.2) is 0 Å².